The molecule has 0 spiro atoms. The van der Waals surface area contributed by atoms with Crippen molar-refractivity contribution in [1.82, 2.24) is 0 Å². The molecule has 0 aliphatic heterocycles. The summed E-state index contributed by atoms with van der Waals surface area (Å²) in [5.41, 5.74) is 12.4. The third-order valence-electron chi connectivity index (χ3n) is 9.39. The first-order valence-electron chi connectivity index (χ1n) is 18.3. The summed E-state index contributed by atoms with van der Waals surface area (Å²) in [6.45, 7) is 19.6. The van der Waals surface area contributed by atoms with E-state index >= 15 is 0 Å². The molecule has 2 rings (SSSR count). The Balaban J connectivity index is 1.65. The van der Waals surface area contributed by atoms with Gasteiger partial charge >= 0.3 is 0 Å². The van der Waals surface area contributed by atoms with E-state index in [1.165, 1.54) is 51.9 Å². The lowest BCUT2D eigenvalue weighted by Gasteiger charge is -2.18. The summed E-state index contributed by atoms with van der Waals surface area (Å²) in [6.07, 6.45) is 30.4. The number of carbonyl (C=O) groups is 2. The predicted octanol–water partition coefficient (Wildman–Crippen LogP) is 14.1. The fraction of sp³-hybridized carbons (Fsp3) is 0.478. The van der Waals surface area contributed by atoms with Gasteiger partial charge in [-0.2, -0.15) is 0 Å². The second kappa shape index (κ2) is 22.2. The van der Waals surface area contributed by atoms with Gasteiger partial charge in [0, 0.05) is 22.3 Å². The van der Waals surface area contributed by atoms with Crippen molar-refractivity contribution >= 4 is 11.6 Å². The second-order valence-electron chi connectivity index (χ2n) is 14.3. The molecular weight excluding hydrogens is 585 g/mol. The Labute approximate surface area is 294 Å². The van der Waals surface area contributed by atoms with Crippen LogP contribution in [0.25, 0.3) is 0 Å². The minimum absolute atomic E-state index is 0.00832. The number of ketones is 2. The molecule has 0 unspecified atom stereocenters. The van der Waals surface area contributed by atoms with Gasteiger partial charge in [-0.15, -0.1) is 0 Å². The number of hydrogen-bond acceptors (Lipinski definition) is 2. The summed E-state index contributed by atoms with van der Waals surface area (Å²) >= 11 is 0. The van der Waals surface area contributed by atoms with Crippen molar-refractivity contribution in [2.24, 2.45) is 0 Å². The third-order valence-corrected chi connectivity index (χ3v) is 9.39. The van der Waals surface area contributed by atoms with E-state index in [1.807, 2.05) is 12.1 Å². The minimum Gasteiger partial charge on any atom is -0.289 e. The molecule has 1 aliphatic rings. The molecule has 0 atom stereocenters. The van der Waals surface area contributed by atoms with Crippen LogP contribution >= 0.6 is 0 Å². The molecule has 0 aromatic heterocycles. The highest BCUT2D eigenvalue weighted by Crippen LogP contribution is 2.28. The quantitative estimate of drug-likeness (QED) is 0.132. The van der Waals surface area contributed by atoms with Crippen LogP contribution in [0.15, 0.2) is 117 Å². The largest absolute Gasteiger partial charge is 0.289 e. The predicted molar refractivity (Wildman–Crippen MR) is 210 cm³/mol. The van der Waals surface area contributed by atoms with Crippen LogP contribution in [0.5, 0.6) is 0 Å². The monoisotopic (exact) mass is 648 g/mol. The van der Waals surface area contributed by atoms with Gasteiger partial charge in [-0.3, -0.25) is 9.59 Å². The summed E-state index contributed by atoms with van der Waals surface area (Å²) in [4.78, 5) is 25.7. The van der Waals surface area contributed by atoms with E-state index in [4.69, 9.17) is 0 Å². The lowest BCUT2D eigenvalue weighted by molar-refractivity contribution is 0.0973. The molecule has 0 bridgehead atoms. The first-order valence-corrected chi connectivity index (χ1v) is 18.3. The molecule has 2 heteroatoms. The van der Waals surface area contributed by atoms with Gasteiger partial charge in [0.2, 0.25) is 0 Å². The molecule has 1 aromatic rings. The molecule has 260 valence electrons. The Morgan fingerprint density at radius 3 is 1.12 bits per heavy atom. The zero-order chi connectivity index (χ0) is 35.5. The molecule has 1 aromatic carbocycles. The van der Waals surface area contributed by atoms with Crippen molar-refractivity contribution in [2.75, 3.05) is 0 Å². The van der Waals surface area contributed by atoms with Crippen molar-refractivity contribution in [3.05, 3.63) is 128 Å². The molecule has 0 saturated carbocycles. The molecule has 48 heavy (non-hydrogen) atoms. The SMILES string of the molecule is CC(C)=CCCC(C)=CCCC(C)=CCCC(C)=CCCC(C)=CCCC(C)=CCCC(C)=CCC1=C(C)C(=O)c2ccccc2C1=O. The van der Waals surface area contributed by atoms with Gasteiger partial charge in [-0.25, -0.2) is 0 Å². The van der Waals surface area contributed by atoms with Crippen LogP contribution in [0.4, 0.5) is 0 Å². The number of benzene rings is 1. The average Bonchev–Trinajstić information content (AvgIpc) is 3.03. The van der Waals surface area contributed by atoms with Gasteiger partial charge < -0.3 is 0 Å². The van der Waals surface area contributed by atoms with Crippen LogP contribution in [0.1, 0.15) is 167 Å². The maximum atomic E-state index is 13.0. The van der Waals surface area contributed by atoms with Crippen molar-refractivity contribution in [1.29, 1.82) is 0 Å². The Bertz CT molecular complexity index is 1490. The third kappa shape index (κ3) is 15.6. The normalized spacial score (nSPS) is 15.4. The first kappa shape index (κ1) is 40.7. The number of carbonyl (C=O) groups excluding carboxylic acids is 2. The van der Waals surface area contributed by atoms with E-state index in [2.05, 4.69) is 97.9 Å². The number of hydrogen-bond donors (Lipinski definition) is 0. The average molecular weight is 649 g/mol. The van der Waals surface area contributed by atoms with Gasteiger partial charge in [0.25, 0.3) is 0 Å². The fourth-order valence-electron chi connectivity index (χ4n) is 6.01. The number of Topliss-reactive ketones (excluding diaryl/α,β-unsaturated/α-hetero) is 2. The Hall–Kier alpha value is -3.52. The van der Waals surface area contributed by atoms with Gasteiger partial charge in [0.15, 0.2) is 11.6 Å². The number of rotatable bonds is 20. The number of fused-ring (bicyclic) bond motifs is 1. The van der Waals surface area contributed by atoms with Crippen LogP contribution in [0.2, 0.25) is 0 Å². The van der Waals surface area contributed by atoms with Gasteiger partial charge in [-0.05, 0) is 146 Å². The Morgan fingerprint density at radius 1 is 0.458 bits per heavy atom. The topological polar surface area (TPSA) is 34.1 Å². The van der Waals surface area contributed by atoms with Crippen molar-refractivity contribution in [2.45, 2.75) is 146 Å². The van der Waals surface area contributed by atoms with E-state index in [9.17, 15) is 9.59 Å². The zero-order valence-electron chi connectivity index (χ0n) is 31.9. The van der Waals surface area contributed by atoms with Crippen molar-refractivity contribution < 1.29 is 9.59 Å². The lowest BCUT2D eigenvalue weighted by Crippen LogP contribution is -2.20. The van der Waals surface area contributed by atoms with Crippen LogP contribution in [0.3, 0.4) is 0 Å². The minimum atomic E-state index is -0.0228. The molecule has 0 radical (unpaired) electrons. The molecule has 0 N–H and O–H groups in total. The second-order valence-corrected chi connectivity index (χ2v) is 14.3. The highest BCUT2D eigenvalue weighted by molar-refractivity contribution is 6.26. The molecule has 0 amide bonds. The van der Waals surface area contributed by atoms with Gasteiger partial charge in [0.1, 0.15) is 0 Å². The molecule has 0 saturated heterocycles. The van der Waals surface area contributed by atoms with Crippen LogP contribution < -0.4 is 0 Å². The zero-order valence-corrected chi connectivity index (χ0v) is 31.9. The molecule has 0 heterocycles. The Kier molecular flexibility index (Phi) is 18.8. The van der Waals surface area contributed by atoms with Crippen molar-refractivity contribution in [3.63, 3.8) is 0 Å². The van der Waals surface area contributed by atoms with E-state index in [0.29, 0.717) is 28.7 Å². The smallest absolute Gasteiger partial charge is 0.190 e. The van der Waals surface area contributed by atoms with E-state index in [0.717, 1.165) is 64.2 Å². The van der Waals surface area contributed by atoms with Crippen molar-refractivity contribution in [3.8, 4) is 0 Å². The number of allylic oxidation sites excluding steroid dienone is 16. The summed E-state index contributed by atoms with van der Waals surface area (Å²) < 4.78 is 0. The van der Waals surface area contributed by atoms with E-state index in [-0.39, 0.29) is 11.6 Å². The van der Waals surface area contributed by atoms with Gasteiger partial charge in [0.05, 0.1) is 0 Å². The van der Waals surface area contributed by atoms with Gasteiger partial charge in [-0.1, -0.05) is 106 Å². The summed E-state index contributed by atoms with van der Waals surface area (Å²) in [5.74, 6) is -0.0311. The highest BCUT2D eigenvalue weighted by atomic mass is 16.1. The maximum Gasteiger partial charge on any atom is 0.190 e. The standard InChI is InChI=1S/C46H64O2/c1-34(2)18-12-19-35(3)20-13-21-36(4)22-14-23-37(5)24-15-25-38(6)26-16-27-39(7)28-17-29-40(8)32-33-42-41(9)45(47)43-30-10-11-31-44(43)46(42)48/h10-11,18,20,22,24,26,28,30-32H,12-17,19,21,23,25,27,29,33H2,1-9H3. The summed E-state index contributed by atoms with van der Waals surface area (Å²) in [6, 6.07) is 7.15. The molecule has 1 aliphatic carbocycles. The van der Waals surface area contributed by atoms with Crippen LogP contribution in [-0.2, 0) is 0 Å². The van der Waals surface area contributed by atoms with E-state index in [1.54, 1.807) is 19.1 Å². The molecule has 0 fully saturated rings. The highest BCUT2D eigenvalue weighted by Gasteiger charge is 2.28. The summed E-state index contributed by atoms with van der Waals surface area (Å²) in [5, 5.41) is 0. The first-order chi connectivity index (χ1) is 22.9. The van der Waals surface area contributed by atoms with Crippen LogP contribution in [-0.4, -0.2) is 11.6 Å². The fourth-order valence-corrected chi connectivity index (χ4v) is 6.01. The molecule has 2 nitrogen and oxygen atoms in total. The van der Waals surface area contributed by atoms with Crippen LogP contribution in [0, 0.1) is 0 Å². The van der Waals surface area contributed by atoms with E-state index < -0.39 is 0 Å². The summed E-state index contributed by atoms with van der Waals surface area (Å²) in [7, 11) is 0. The Morgan fingerprint density at radius 2 is 0.771 bits per heavy atom. The maximum absolute atomic E-state index is 13.0. The lowest BCUT2D eigenvalue weighted by atomic mass is 9.83. The molecular formula is C46H64O2.